The van der Waals surface area contributed by atoms with Gasteiger partial charge in [0.15, 0.2) is 0 Å². The highest BCUT2D eigenvalue weighted by Gasteiger charge is 2.13. The number of aromatic amines is 1. The van der Waals surface area contributed by atoms with Crippen molar-refractivity contribution in [2.75, 3.05) is 0 Å². The zero-order valence-corrected chi connectivity index (χ0v) is 10.9. The summed E-state index contributed by atoms with van der Waals surface area (Å²) in [5.41, 5.74) is 9.60. The molecule has 84 valence electrons. The molecule has 3 nitrogen and oxygen atoms in total. The zero-order valence-electron chi connectivity index (χ0n) is 9.29. The predicted octanol–water partition coefficient (Wildman–Crippen LogP) is 2.84. The van der Waals surface area contributed by atoms with Gasteiger partial charge < -0.3 is 10.7 Å². The second-order valence-electron chi connectivity index (χ2n) is 3.92. The minimum absolute atomic E-state index is 0.194. The molecular weight excluding hydrogens is 266 g/mol. The lowest BCUT2D eigenvalue weighted by Crippen LogP contribution is -2.14. The second kappa shape index (κ2) is 4.39. The Bertz CT molecular complexity index is 468. The number of imidazole rings is 1. The molecule has 0 bridgehead atoms. The Hall–Kier alpha value is -1.13. The van der Waals surface area contributed by atoms with Crippen LogP contribution in [0.15, 0.2) is 29.0 Å². The molecule has 1 atom stereocenters. The Morgan fingerprint density at radius 1 is 1.31 bits per heavy atom. The summed E-state index contributed by atoms with van der Waals surface area (Å²) >= 11 is 3.55. The van der Waals surface area contributed by atoms with Crippen LogP contribution >= 0.6 is 15.9 Å². The number of hydrogen-bond acceptors (Lipinski definition) is 2. The molecule has 1 aromatic heterocycles. The Labute approximate surface area is 103 Å². The predicted molar refractivity (Wildman–Crippen MR) is 68.2 cm³/mol. The van der Waals surface area contributed by atoms with Crippen LogP contribution in [0.25, 0.3) is 0 Å². The molecular formula is C12H14BrN3. The minimum atomic E-state index is -0.194. The van der Waals surface area contributed by atoms with E-state index in [-0.39, 0.29) is 6.04 Å². The minimum Gasteiger partial charge on any atom is -0.347 e. The average Bonchev–Trinajstić information content (AvgIpc) is 2.77. The standard InChI is InChI=1S/C12H14BrN3/c1-7-5-9(6-8(2)10(7)13)11(14)12-15-3-4-16-12/h3-6,11H,14H2,1-2H3,(H,15,16). The number of benzene rings is 1. The van der Waals surface area contributed by atoms with Crippen LogP contribution in [0, 0.1) is 13.8 Å². The molecule has 0 saturated heterocycles. The number of nitrogens with one attached hydrogen (secondary N) is 1. The fourth-order valence-electron chi connectivity index (χ4n) is 1.76. The van der Waals surface area contributed by atoms with Crippen molar-refractivity contribution in [1.82, 2.24) is 9.97 Å². The van der Waals surface area contributed by atoms with Crippen LogP contribution in [0.5, 0.6) is 0 Å². The van der Waals surface area contributed by atoms with Crippen molar-refractivity contribution in [1.29, 1.82) is 0 Å². The number of aryl methyl sites for hydroxylation is 2. The van der Waals surface area contributed by atoms with Gasteiger partial charge >= 0.3 is 0 Å². The summed E-state index contributed by atoms with van der Waals surface area (Å²) in [6, 6.07) is 3.98. The lowest BCUT2D eigenvalue weighted by Gasteiger charge is -2.13. The number of nitrogens with two attached hydrogens (primary N) is 1. The van der Waals surface area contributed by atoms with Gasteiger partial charge in [0.05, 0.1) is 6.04 Å². The van der Waals surface area contributed by atoms with Crippen molar-refractivity contribution in [3.05, 3.63) is 51.5 Å². The molecule has 0 spiro atoms. The van der Waals surface area contributed by atoms with Crippen LogP contribution in [-0.4, -0.2) is 9.97 Å². The highest BCUT2D eigenvalue weighted by atomic mass is 79.9. The first-order valence-corrected chi connectivity index (χ1v) is 5.90. The summed E-state index contributed by atoms with van der Waals surface area (Å²) < 4.78 is 1.14. The lowest BCUT2D eigenvalue weighted by atomic mass is 10.0. The molecule has 1 unspecified atom stereocenters. The maximum absolute atomic E-state index is 6.14. The highest BCUT2D eigenvalue weighted by Crippen LogP contribution is 2.26. The quantitative estimate of drug-likeness (QED) is 0.888. The lowest BCUT2D eigenvalue weighted by molar-refractivity contribution is 0.798. The van der Waals surface area contributed by atoms with E-state index in [9.17, 15) is 0 Å². The fourth-order valence-corrected chi connectivity index (χ4v) is 1.99. The number of nitrogens with zero attached hydrogens (tertiary/aromatic N) is 1. The summed E-state index contributed by atoms with van der Waals surface area (Å²) in [6.45, 7) is 4.13. The Balaban J connectivity index is 2.42. The molecule has 2 rings (SSSR count). The van der Waals surface area contributed by atoms with Gasteiger partial charge in [0.2, 0.25) is 0 Å². The number of halogens is 1. The first-order valence-electron chi connectivity index (χ1n) is 5.11. The zero-order chi connectivity index (χ0) is 11.7. The summed E-state index contributed by atoms with van der Waals surface area (Å²) in [5, 5.41) is 0. The van der Waals surface area contributed by atoms with Crippen molar-refractivity contribution >= 4 is 15.9 Å². The van der Waals surface area contributed by atoms with Crippen molar-refractivity contribution in [2.24, 2.45) is 5.73 Å². The van der Waals surface area contributed by atoms with Gasteiger partial charge in [-0.3, -0.25) is 0 Å². The largest absolute Gasteiger partial charge is 0.347 e. The second-order valence-corrected chi connectivity index (χ2v) is 4.71. The first kappa shape index (κ1) is 11.4. The molecule has 0 aliphatic rings. The molecule has 3 N–H and O–H groups in total. The number of H-pyrrole nitrogens is 1. The first-order chi connectivity index (χ1) is 7.59. The van der Waals surface area contributed by atoms with E-state index < -0.39 is 0 Å². The van der Waals surface area contributed by atoms with E-state index in [2.05, 4.69) is 51.9 Å². The van der Waals surface area contributed by atoms with Gasteiger partial charge in [-0.2, -0.15) is 0 Å². The molecule has 2 aromatic rings. The van der Waals surface area contributed by atoms with Gasteiger partial charge in [0, 0.05) is 16.9 Å². The SMILES string of the molecule is Cc1cc(C(N)c2ncc[nH]2)cc(C)c1Br. The number of rotatable bonds is 2. The van der Waals surface area contributed by atoms with Crippen LogP contribution in [0.3, 0.4) is 0 Å². The van der Waals surface area contributed by atoms with Crippen LogP contribution in [0.4, 0.5) is 0 Å². The summed E-state index contributed by atoms with van der Waals surface area (Å²) in [5.74, 6) is 0.793. The molecule has 4 heteroatoms. The maximum atomic E-state index is 6.14. The summed E-state index contributed by atoms with van der Waals surface area (Å²) in [7, 11) is 0. The average molecular weight is 280 g/mol. The fraction of sp³-hybridized carbons (Fsp3) is 0.250. The van der Waals surface area contributed by atoms with Gasteiger partial charge in [-0.05, 0) is 30.5 Å². The van der Waals surface area contributed by atoms with Crippen molar-refractivity contribution < 1.29 is 0 Å². The Morgan fingerprint density at radius 2 is 1.94 bits per heavy atom. The Kier molecular flexibility index (Phi) is 3.12. The number of hydrogen-bond donors (Lipinski definition) is 2. The van der Waals surface area contributed by atoms with Crippen molar-refractivity contribution in [3.8, 4) is 0 Å². The highest BCUT2D eigenvalue weighted by molar-refractivity contribution is 9.10. The molecule has 0 saturated carbocycles. The van der Waals surface area contributed by atoms with Crippen LogP contribution in [0.2, 0.25) is 0 Å². The molecule has 0 fully saturated rings. The molecule has 1 aromatic carbocycles. The molecule has 16 heavy (non-hydrogen) atoms. The van der Waals surface area contributed by atoms with E-state index in [0.29, 0.717) is 0 Å². The maximum Gasteiger partial charge on any atom is 0.127 e. The molecule has 0 radical (unpaired) electrons. The van der Waals surface area contributed by atoms with E-state index in [1.54, 1.807) is 12.4 Å². The van der Waals surface area contributed by atoms with Gasteiger partial charge in [-0.1, -0.05) is 28.1 Å². The van der Waals surface area contributed by atoms with E-state index in [1.807, 2.05) is 0 Å². The van der Waals surface area contributed by atoms with Crippen molar-refractivity contribution in [3.63, 3.8) is 0 Å². The van der Waals surface area contributed by atoms with E-state index in [0.717, 1.165) is 15.9 Å². The summed E-state index contributed by atoms with van der Waals surface area (Å²) in [4.78, 5) is 7.22. The van der Waals surface area contributed by atoms with Crippen LogP contribution < -0.4 is 5.73 Å². The third kappa shape index (κ3) is 2.03. The van der Waals surface area contributed by atoms with Crippen LogP contribution in [-0.2, 0) is 0 Å². The van der Waals surface area contributed by atoms with Crippen LogP contribution in [0.1, 0.15) is 28.6 Å². The monoisotopic (exact) mass is 279 g/mol. The van der Waals surface area contributed by atoms with Crippen molar-refractivity contribution in [2.45, 2.75) is 19.9 Å². The molecule has 0 amide bonds. The molecule has 0 aliphatic carbocycles. The van der Waals surface area contributed by atoms with Gasteiger partial charge in [0.1, 0.15) is 5.82 Å². The third-order valence-corrected chi connectivity index (χ3v) is 3.88. The third-order valence-electron chi connectivity index (χ3n) is 2.63. The molecule has 1 heterocycles. The van der Waals surface area contributed by atoms with Gasteiger partial charge in [-0.25, -0.2) is 4.98 Å². The normalized spacial score (nSPS) is 12.8. The summed E-state index contributed by atoms with van der Waals surface area (Å²) in [6.07, 6.45) is 3.50. The van der Waals surface area contributed by atoms with E-state index in [4.69, 9.17) is 5.73 Å². The topological polar surface area (TPSA) is 54.7 Å². The molecule has 0 aliphatic heterocycles. The van der Waals surface area contributed by atoms with E-state index >= 15 is 0 Å². The van der Waals surface area contributed by atoms with Gasteiger partial charge in [-0.15, -0.1) is 0 Å². The smallest absolute Gasteiger partial charge is 0.127 e. The van der Waals surface area contributed by atoms with Gasteiger partial charge in [0.25, 0.3) is 0 Å². The van der Waals surface area contributed by atoms with E-state index in [1.165, 1.54) is 11.1 Å². The number of aromatic nitrogens is 2. The Morgan fingerprint density at radius 3 is 2.44 bits per heavy atom.